The Balaban J connectivity index is 1.51. The van der Waals surface area contributed by atoms with Crippen molar-refractivity contribution in [1.29, 1.82) is 0 Å². The fourth-order valence-electron chi connectivity index (χ4n) is 3.20. The largest absolute Gasteiger partial charge is 0.368 e. The van der Waals surface area contributed by atoms with Crippen molar-refractivity contribution in [3.8, 4) is 0 Å². The Labute approximate surface area is 154 Å². The number of piperazine rings is 1. The molecule has 1 aliphatic heterocycles. The van der Waals surface area contributed by atoms with Gasteiger partial charge in [-0.15, -0.1) is 0 Å². The van der Waals surface area contributed by atoms with E-state index in [1.165, 1.54) is 16.8 Å². The molecular weight excluding hydrogens is 334 g/mol. The van der Waals surface area contributed by atoms with Crippen LogP contribution in [-0.4, -0.2) is 37.1 Å². The molecule has 1 fully saturated rings. The maximum Gasteiger partial charge on any atom is 0.317 e. The first-order chi connectivity index (χ1) is 12.0. The zero-order valence-corrected chi connectivity index (χ0v) is 15.5. The predicted octanol–water partition coefficient (Wildman–Crippen LogP) is 3.99. The van der Waals surface area contributed by atoms with E-state index in [4.69, 9.17) is 11.6 Å². The molecule has 1 saturated heterocycles. The molecule has 3 rings (SSSR count). The first kappa shape index (κ1) is 17.6. The van der Waals surface area contributed by atoms with Gasteiger partial charge in [0.2, 0.25) is 0 Å². The van der Waals surface area contributed by atoms with Gasteiger partial charge >= 0.3 is 6.03 Å². The molecule has 1 N–H and O–H groups in total. The van der Waals surface area contributed by atoms with E-state index in [-0.39, 0.29) is 6.03 Å². The molecule has 0 aromatic heterocycles. The van der Waals surface area contributed by atoms with E-state index in [0.29, 0.717) is 11.6 Å². The molecule has 132 valence electrons. The van der Waals surface area contributed by atoms with Crippen LogP contribution in [0.3, 0.4) is 0 Å². The number of hydrogen-bond donors (Lipinski definition) is 1. The topological polar surface area (TPSA) is 35.6 Å². The summed E-state index contributed by atoms with van der Waals surface area (Å²) in [5.74, 6) is 0. The molecule has 0 radical (unpaired) electrons. The molecule has 25 heavy (non-hydrogen) atoms. The second-order valence-corrected chi connectivity index (χ2v) is 6.99. The second-order valence-electron chi connectivity index (χ2n) is 6.55. The van der Waals surface area contributed by atoms with Crippen LogP contribution in [0.25, 0.3) is 0 Å². The molecule has 1 heterocycles. The van der Waals surface area contributed by atoms with Gasteiger partial charge in [-0.3, -0.25) is 0 Å². The summed E-state index contributed by atoms with van der Waals surface area (Å²) in [6.07, 6.45) is 0. The highest BCUT2D eigenvalue weighted by Gasteiger charge is 2.21. The fraction of sp³-hybridized carbons (Fsp3) is 0.350. The van der Waals surface area contributed by atoms with Gasteiger partial charge in [-0.2, -0.15) is 0 Å². The Hall–Kier alpha value is -2.20. The van der Waals surface area contributed by atoms with Crippen molar-refractivity contribution in [2.24, 2.45) is 0 Å². The van der Waals surface area contributed by atoms with Crippen LogP contribution in [0.4, 0.5) is 10.5 Å². The van der Waals surface area contributed by atoms with Crippen LogP contribution in [0.1, 0.15) is 16.7 Å². The highest BCUT2D eigenvalue weighted by molar-refractivity contribution is 6.30. The fourth-order valence-corrected chi connectivity index (χ4v) is 3.33. The number of carbonyl (C=O) groups excluding carboxylic acids is 1. The predicted molar refractivity (Wildman–Crippen MR) is 103 cm³/mol. The van der Waals surface area contributed by atoms with Crippen molar-refractivity contribution in [2.45, 2.75) is 20.4 Å². The lowest BCUT2D eigenvalue weighted by molar-refractivity contribution is 0.194. The highest BCUT2D eigenvalue weighted by atomic mass is 35.5. The molecule has 0 atom stereocenters. The van der Waals surface area contributed by atoms with E-state index in [9.17, 15) is 4.79 Å². The summed E-state index contributed by atoms with van der Waals surface area (Å²) in [7, 11) is 0. The van der Waals surface area contributed by atoms with Crippen LogP contribution >= 0.6 is 11.6 Å². The monoisotopic (exact) mass is 357 g/mol. The molecule has 1 aliphatic rings. The van der Waals surface area contributed by atoms with Gasteiger partial charge in [0.25, 0.3) is 0 Å². The van der Waals surface area contributed by atoms with Gasteiger partial charge in [-0.25, -0.2) is 4.79 Å². The summed E-state index contributed by atoms with van der Waals surface area (Å²) >= 11 is 5.88. The van der Waals surface area contributed by atoms with Gasteiger partial charge in [0.15, 0.2) is 0 Å². The van der Waals surface area contributed by atoms with E-state index >= 15 is 0 Å². The third-order valence-electron chi connectivity index (χ3n) is 4.62. The van der Waals surface area contributed by atoms with Crippen molar-refractivity contribution in [1.82, 2.24) is 10.2 Å². The van der Waals surface area contributed by atoms with E-state index in [2.05, 4.69) is 42.3 Å². The maximum absolute atomic E-state index is 12.4. The minimum Gasteiger partial charge on any atom is -0.368 e. The summed E-state index contributed by atoms with van der Waals surface area (Å²) < 4.78 is 0. The summed E-state index contributed by atoms with van der Waals surface area (Å²) in [4.78, 5) is 16.6. The molecule has 0 saturated carbocycles. The van der Waals surface area contributed by atoms with Crippen molar-refractivity contribution in [2.75, 3.05) is 31.1 Å². The second kappa shape index (κ2) is 7.79. The standard InChI is InChI=1S/C20H24ClN3O/c1-15-3-8-19(16(2)13-15)23-9-11-24(12-10-23)20(25)22-14-17-4-6-18(21)7-5-17/h3-8,13H,9-12,14H2,1-2H3,(H,22,25). The van der Waals surface area contributed by atoms with Crippen molar-refractivity contribution >= 4 is 23.3 Å². The number of urea groups is 1. The van der Waals surface area contributed by atoms with Crippen molar-refractivity contribution in [3.63, 3.8) is 0 Å². The number of rotatable bonds is 3. The first-order valence-corrected chi connectivity index (χ1v) is 9.00. The van der Waals surface area contributed by atoms with Gasteiger partial charge in [0.1, 0.15) is 0 Å². The minimum absolute atomic E-state index is 0.00442. The molecule has 4 nitrogen and oxygen atoms in total. The van der Waals surface area contributed by atoms with Crippen LogP contribution in [0.2, 0.25) is 5.02 Å². The van der Waals surface area contributed by atoms with Gasteiger partial charge in [-0.1, -0.05) is 41.4 Å². The van der Waals surface area contributed by atoms with Crippen molar-refractivity contribution < 1.29 is 4.79 Å². The maximum atomic E-state index is 12.4. The average molecular weight is 358 g/mol. The molecule has 2 amide bonds. The number of benzene rings is 2. The summed E-state index contributed by atoms with van der Waals surface area (Å²) in [6.45, 7) is 7.97. The lowest BCUT2D eigenvalue weighted by Crippen LogP contribution is -2.51. The average Bonchev–Trinajstić information content (AvgIpc) is 2.61. The van der Waals surface area contributed by atoms with Gasteiger partial charge in [-0.05, 0) is 43.2 Å². The molecule has 2 aromatic rings. The molecule has 5 heteroatoms. The normalized spacial score (nSPS) is 14.5. The summed E-state index contributed by atoms with van der Waals surface area (Å²) in [5, 5.41) is 3.69. The Bertz CT molecular complexity index is 737. The lowest BCUT2D eigenvalue weighted by atomic mass is 10.1. The van der Waals surface area contributed by atoms with Crippen LogP contribution in [0.5, 0.6) is 0 Å². The number of hydrogen-bond acceptors (Lipinski definition) is 2. The number of aryl methyl sites for hydroxylation is 2. The molecule has 0 unspecified atom stereocenters. The Morgan fingerprint density at radius 3 is 2.36 bits per heavy atom. The Morgan fingerprint density at radius 1 is 1.04 bits per heavy atom. The quantitative estimate of drug-likeness (QED) is 0.901. The molecule has 0 bridgehead atoms. The number of halogens is 1. The van der Waals surface area contributed by atoms with E-state index in [1.54, 1.807) is 0 Å². The highest BCUT2D eigenvalue weighted by Crippen LogP contribution is 2.22. The first-order valence-electron chi connectivity index (χ1n) is 8.62. The molecule has 0 spiro atoms. The van der Waals surface area contributed by atoms with E-state index < -0.39 is 0 Å². The Kier molecular flexibility index (Phi) is 5.49. The van der Waals surface area contributed by atoms with Crippen LogP contribution in [0.15, 0.2) is 42.5 Å². The van der Waals surface area contributed by atoms with Crippen LogP contribution in [0, 0.1) is 13.8 Å². The lowest BCUT2D eigenvalue weighted by Gasteiger charge is -2.36. The molecular formula is C20H24ClN3O. The van der Waals surface area contributed by atoms with E-state index in [1.807, 2.05) is 29.2 Å². The number of amides is 2. The van der Waals surface area contributed by atoms with Gasteiger partial charge in [0, 0.05) is 43.4 Å². The van der Waals surface area contributed by atoms with Gasteiger partial charge < -0.3 is 15.1 Å². The smallest absolute Gasteiger partial charge is 0.317 e. The van der Waals surface area contributed by atoms with Crippen LogP contribution in [-0.2, 0) is 6.54 Å². The minimum atomic E-state index is -0.00442. The third kappa shape index (κ3) is 4.45. The molecule has 2 aromatic carbocycles. The van der Waals surface area contributed by atoms with E-state index in [0.717, 1.165) is 31.7 Å². The van der Waals surface area contributed by atoms with Crippen molar-refractivity contribution in [3.05, 3.63) is 64.2 Å². The summed E-state index contributed by atoms with van der Waals surface area (Å²) in [5.41, 5.74) is 4.89. The zero-order chi connectivity index (χ0) is 17.8. The SMILES string of the molecule is Cc1ccc(N2CCN(C(=O)NCc3ccc(Cl)cc3)CC2)c(C)c1. The number of carbonyl (C=O) groups is 1. The summed E-state index contributed by atoms with van der Waals surface area (Å²) in [6, 6.07) is 14.1. The van der Waals surface area contributed by atoms with Gasteiger partial charge in [0.05, 0.1) is 0 Å². The zero-order valence-electron chi connectivity index (χ0n) is 14.8. The number of nitrogens with zero attached hydrogens (tertiary/aromatic N) is 2. The molecule has 0 aliphatic carbocycles. The van der Waals surface area contributed by atoms with Crippen LogP contribution < -0.4 is 10.2 Å². The number of nitrogens with one attached hydrogen (secondary N) is 1. The third-order valence-corrected chi connectivity index (χ3v) is 4.87. The Morgan fingerprint density at radius 2 is 1.72 bits per heavy atom. The number of anilines is 1.